The van der Waals surface area contributed by atoms with Crippen molar-refractivity contribution in [2.24, 2.45) is 0 Å². The molecule has 27 heavy (non-hydrogen) atoms. The topological polar surface area (TPSA) is 31.4 Å². The lowest BCUT2D eigenvalue weighted by Gasteiger charge is -2.12. The van der Waals surface area contributed by atoms with Gasteiger partial charge in [0.15, 0.2) is 0 Å². The van der Waals surface area contributed by atoms with E-state index in [0.29, 0.717) is 6.61 Å². The molecule has 0 unspecified atom stereocenters. The van der Waals surface area contributed by atoms with E-state index in [2.05, 4.69) is 11.1 Å². The molecule has 0 N–H and O–H groups in total. The Morgan fingerprint density at radius 3 is 2.41 bits per heavy atom. The molecule has 134 valence electrons. The lowest BCUT2D eigenvalue weighted by atomic mass is 10.1. The van der Waals surface area contributed by atoms with E-state index in [1.54, 1.807) is 6.20 Å². The summed E-state index contributed by atoms with van der Waals surface area (Å²) >= 11 is 0. The van der Waals surface area contributed by atoms with Crippen molar-refractivity contribution in [1.29, 1.82) is 0 Å². The second-order valence-corrected chi connectivity index (χ2v) is 6.30. The largest absolute Gasteiger partial charge is 0.493 e. The minimum atomic E-state index is 0.647. The van der Waals surface area contributed by atoms with Crippen LogP contribution >= 0.6 is 0 Å². The monoisotopic (exact) mass is 355 g/mol. The highest BCUT2D eigenvalue weighted by molar-refractivity contribution is 5.84. The molecule has 0 fully saturated rings. The molecule has 1 aromatic heterocycles. The summed E-state index contributed by atoms with van der Waals surface area (Å²) < 4.78 is 12.1. The van der Waals surface area contributed by atoms with Crippen LogP contribution in [0.1, 0.15) is 12.0 Å². The van der Waals surface area contributed by atoms with E-state index in [0.717, 1.165) is 41.0 Å². The van der Waals surface area contributed by atoms with Crippen molar-refractivity contribution >= 4 is 10.9 Å². The average Bonchev–Trinajstić information content (AvgIpc) is 2.73. The van der Waals surface area contributed by atoms with Gasteiger partial charge in [-0.25, -0.2) is 0 Å². The number of ether oxygens (including phenoxy) is 2. The van der Waals surface area contributed by atoms with Gasteiger partial charge in [-0.05, 0) is 54.8 Å². The van der Waals surface area contributed by atoms with Gasteiger partial charge in [-0.3, -0.25) is 4.98 Å². The van der Waals surface area contributed by atoms with Gasteiger partial charge >= 0.3 is 0 Å². The number of rotatable bonds is 7. The summed E-state index contributed by atoms with van der Waals surface area (Å²) in [6.07, 6.45) is 3.60. The molecule has 3 heteroatoms. The van der Waals surface area contributed by atoms with E-state index in [1.807, 2.05) is 78.9 Å². The molecular formula is C24H21NO2. The predicted octanol–water partition coefficient (Wildman–Crippen LogP) is 6.04. The molecule has 0 aliphatic heterocycles. The van der Waals surface area contributed by atoms with Crippen molar-refractivity contribution in [2.45, 2.75) is 12.8 Å². The zero-order valence-electron chi connectivity index (χ0n) is 15.0. The average molecular weight is 355 g/mol. The molecule has 0 spiro atoms. The van der Waals surface area contributed by atoms with E-state index in [4.69, 9.17) is 9.47 Å². The molecule has 1 heterocycles. The van der Waals surface area contributed by atoms with Gasteiger partial charge in [0.1, 0.15) is 17.2 Å². The summed E-state index contributed by atoms with van der Waals surface area (Å²) in [6, 6.07) is 28.0. The van der Waals surface area contributed by atoms with E-state index in [1.165, 1.54) is 5.56 Å². The minimum absolute atomic E-state index is 0.647. The van der Waals surface area contributed by atoms with Crippen LogP contribution in [-0.4, -0.2) is 11.6 Å². The highest BCUT2D eigenvalue weighted by atomic mass is 16.5. The fourth-order valence-corrected chi connectivity index (χ4v) is 3.07. The minimum Gasteiger partial charge on any atom is -0.493 e. The van der Waals surface area contributed by atoms with Crippen molar-refractivity contribution < 1.29 is 9.47 Å². The van der Waals surface area contributed by atoms with E-state index < -0.39 is 0 Å². The molecule has 4 rings (SSSR count). The molecule has 3 nitrogen and oxygen atoms in total. The maximum absolute atomic E-state index is 6.03. The molecule has 0 amide bonds. The first-order valence-electron chi connectivity index (χ1n) is 9.17. The normalized spacial score (nSPS) is 10.7. The van der Waals surface area contributed by atoms with Gasteiger partial charge in [-0.15, -0.1) is 0 Å². The zero-order valence-corrected chi connectivity index (χ0v) is 15.0. The Balaban J connectivity index is 1.38. The number of para-hydroxylation sites is 3. The van der Waals surface area contributed by atoms with Crippen LogP contribution < -0.4 is 9.47 Å². The van der Waals surface area contributed by atoms with Gasteiger partial charge in [-0.1, -0.05) is 48.5 Å². The number of nitrogens with zero attached hydrogens (tertiary/aromatic N) is 1. The van der Waals surface area contributed by atoms with Crippen molar-refractivity contribution in [3.63, 3.8) is 0 Å². The van der Waals surface area contributed by atoms with Crippen molar-refractivity contribution in [1.82, 2.24) is 4.98 Å². The van der Waals surface area contributed by atoms with Crippen LogP contribution in [0.2, 0.25) is 0 Å². The maximum Gasteiger partial charge on any atom is 0.130 e. The van der Waals surface area contributed by atoms with Crippen LogP contribution in [-0.2, 0) is 6.42 Å². The van der Waals surface area contributed by atoms with E-state index >= 15 is 0 Å². The molecule has 4 aromatic rings. The Kier molecular flexibility index (Phi) is 5.30. The van der Waals surface area contributed by atoms with Gasteiger partial charge in [0, 0.05) is 11.6 Å². The zero-order chi connectivity index (χ0) is 18.3. The van der Waals surface area contributed by atoms with Crippen LogP contribution in [0.4, 0.5) is 0 Å². The first-order valence-corrected chi connectivity index (χ1v) is 9.17. The lowest BCUT2D eigenvalue weighted by molar-refractivity contribution is 0.314. The molecule has 3 aromatic carbocycles. The van der Waals surface area contributed by atoms with Crippen molar-refractivity contribution in [3.05, 3.63) is 96.7 Å². The quantitative estimate of drug-likeness (QED) is 0.379. The van der Waals surface area contributed by atoms with Gasteiger partial charge in [0.05, 0.1) is 12.1 Å². The second-order valence-electron chi connectivity index (χ2n) is 6.30. The van der Waals surface area contributed by atoms with Gasteiger partial charge in [0.2, 0.25) is 0 Å². The van der Waals surface area contributed by atoms with Crippen LogP contribution in [0.3, 0.4) is 0 Å². The Morgan fingerprint density at radius 1 is 0.704 bits per heavy atom. The third-order valence-electron chi connectivity index (χ3n) is 4.40. The van der Waals surface area contributed by atoms with Crippen LogP contribution in [0.25, 0.3) is 10.9 Å². The van der Waals surface area contributed by atoms with E-state index in [9.17, 15) is 0 Å². The summed E-state index contributed by atoms with van der Waals surface area (Å²) in [5, 5.41) is 1.05. The van der Waals surface area contributed by atoms with Crippen LogP contribution in [0.5, 0.6) is 17.2 Å². The number of fused-ring (bicyclic) bond motifs is 1. The number of pyridine rings is 1. The van der Waals surface area contributed by atoms with Crippen molar-refractivity contribution in [3.8, 4) is 17.2 Å². The smallest absolute Gasteiger partial charge is 0.130 e. The third kappa shape index (κ3) is 4.26. The molecular weight excluding hydrogens is 334 g/mol. The second kappa shape index (κ2) is 8.37. The van der Waals surface area contributed by atoms with Crippen molar-refractivity contribution in [2.75, 3.05) is 6.61 Å². The van der Waals surface area contributed by atoms with Crippen LogP contribution in [0, 0.1) is 0 Å². The molecule has 0 bridgehead atoms. The summed E-state index contributed by atoms with van der Waals surface area (Å²) in [7, 11) is 0. The number of hydrogen-bond acceptors (Lipinski definition) is 3. The molecule has 0 aliphatic rings. The Bertz CT molecular complexity index is 1010. The summed E-state index contributed by atoms with van der Waals surface area (Å²) in [4.78, 5) is 4.37. The lowest BCUT2D eigenvalue weighted by Crippen LogP contribution is -2.01. The molecule has 0 aliphatic carbocycles. The standard InChI is InChI=1S/C24H21NO2/c1-2-11-20(12-3-1)27-23-15-7-4-9-19(23)10-8-18-26-24-16-17-25-22-14-6-5-13-21(22)24/h1-7,9,11-17H,8,10,18H2. The van der Waals surface area contributed by atoms with Gasteiger partial charge in [-0.2, -0.15) is 0 Å². The molecule has 0 atom stereocenters. The SMILES string of the molecule is c1ccc(Oc2ccccc2CCCOc2ccnc3ccccc23)cc1. The third-order valence-corrected chi connectivity index (χ3v) is 4.40. The fraction of sp³-hybridized carbons (Fsp3) is 0.125. The Labute approximate surface area is 159 Å². The fourth-order valence-electron chi connectivity index (χ4n) is 3.07. The summed E-state index contributed by atoms with van der Waals surface area (Å²) in [5.74, 6) is 2.64. The predicted molar refractivity (Wildman–Crippen MR) is 109 cm³/mol. The number of benzene rings is 3. The highest BCUT2D eigenvalue weighted by Gasteiger charge is 2.06. The van der Waals surface area contributed by atoms with E-state index in [-0.39, 0.29) is 0 Å². The summed E-state index contributed by atoms with van der Waals surface area (Å²) in [6.45, 7) is 0.647. The maximum atomic E-state index is 6.03. The van der Waals surface area contributed by atoms with Gasteiger partial charge in [0.25, 0.3) is 0 Å². The first kappa shape index (κ1) is 17.1. The number of aryl methyl sites for hydroxylation is 1. The molecule has 0 radical (unpaired) electrons. The highest BCUT2D eigenvalue weighted by Crippen LogP contribution is 2.27. The first-order chi connectivity index (χ1) is 13.4. The molecule has 0 saturated heterocycles. The number of hydrogen-bond donors (Lipinski definition) is 0. The Hall–Kier alpha value is -3.33. The molecule has 0 saturated carbocycles. The van der Waals surface area contributed by atoms with Crippen LogP contribution in [0.15, 0.2) is 91.1 Å². The van der Waals surface area contributed by atoms with Gasteiger partial charge < -0.3 is 9.47 Å². The Morgan fingerprint density at radius 2 is 1.48 bits per heavy atom. The summed E-state index contributed by atoms with van der Waals surface area (Å²) in [5.41, 5.74) is 2.14. The number of aromatic nitrogens is 1.